The number of halogens is 1. The summed E-state index contributed by atoms with van der Waals surface area (Å²) in [6.07, 6.45) is 4.97. The summed E-state index contributed by atoms with van der Waals surface area (Å²) in [7, 11) is 0. The predicted octanol–water partition coefficient (Wildman–Crippen LogP) is 7.92. The number of fused-ring (bicyclic) bond motifs is 1. The lowest BCUT2D eigenvalue weighted by molar-refractivity contribution is 0.104. The van der Waals surface area contributed by atoms with Crippen molar-refractivity contribution in [3.63, 3.8) is 0 Å². The SMILES string of the molecule is O=Nc1ccc2c(C(=O)c3ccc(CN4CCCC4)c(Cl)c3)c(-c3ccc(OCCN4CCCC4)cc3)sc2c1. The molecule has 206 valence electrons. The summed E-state index contributed by atoms with van der Waals surface area (Å²) in [6.45, 7) is 6.86. The number of nitroso groups, excluding NO2 is 1. The van der Waals surface area contributed by atoms with Crippen molar-refractivity contribution in [3.8, 4) is 16.2 Å². The first-order valence-electron chi connectivity index (χ1n) is 14.0. The summed E-state index contributed by atoms with van der Waals surface area (Å²) in [4.78, 5) is 30.9. The second-order valence-corrected chi connectivity index (χ2v) is 12.1. The third-order valence-corrected chi connectivity index (χ3v) is 9.46. The quantitative estimate of drug-likeness (QED) is 0.142. The Morgan fingerprint density at radius 2 is 1.62 bits per heavy atom. The van der Waals surface area contributed by atoms with Crippen molar-refractivity contribution in [1.82, 2.24) is 9.80 Å². The average Bonchev–Trinajstić information content (AvgIpc) is 3.75. The highest BCUT2D eigenvalue weighted by molar-refractivity contribution is 7.22. The van der Waals surface area contributed by atoms with Crippen LogP contribution in [-0.2, 0) is 6.54 Å². The summed E-state index contributed by atoms with van der Waals surface area (Å²) in [5, 5.41) is 4.52. The highest BCUT2D eigenvalue weighted by Gasteiger charge is 2.23. The maximum Gasteiger partial charge on any atom is 0.195 e. The van der Waals surface area contributed by atoms with E-state index in [0.29, 0.717) is 28.4 Å². The van der Waals surface area contributed by atoms with Crippen molar-refractivity contribution < 1.29 is 9.53 Å². The van der Waals surface area contributed by atoms with Gasteiger partial charge < -0.3 is 4.74 Å². The Morgan fingerprint density at radius 1 is 0.900 bits per heavy atom. The van der Waals surface area contributed by atoms with Gasteiger partial charge in [0.25, 0.3) is 0 Å². The van der Waals surface area contributed by atoms with Crippen LogP contribution in [0, 0.1) is 4.91 Å². The van der Waals surface area contributed by atoms with Gasteiger partial charge in [0.05, 0.1) is 0 Å². The first kappa shape index (κ1) is 27.1. The lowest BCUT2D eigenvalue weighted by atomic mass is 9.96. The summed E-state index contributed by atoms with van der Waals surface area (Å²) in [5.41, 5.74) is 3.47. The number of benzene rings is 3. The van der Waals surface area contributed by atoms with Gasteiger partial charge in [-0.3, -0.25) is 14.6 Å². The van der Waals surface area contributed by atoms with Crippen molar-refractivity contribution >= 4 is 44.5 Å². The summed E-state index contributed by atoms with van der Waals surface area (Å²) < 4.78 is 6.84. The first-order valence-corrected chi connectivity index (χ1v) is 15.2. The van der Waals surface area contributed by atoms with E-state index in [1.807, 2.05) is 42.5 Å². The van der Waals surface area contributed by atoms with E-state index in [2.05, 4.69) is 15.0 Å². The van der Waals surface area contributed by atoms with E-state index in [1.54, 1.807) is 18.2 Å². The third kappa shape index (κ3) is 5.84. The van der Waals surface area contributed by atoms with E-state index in [9.17, 15) is 9.70 Å². The Bertz CT molecular complexity index is 1520. The van der Waals surface area contributed by atoms with Crippen molar-refractivity contribution in [2.24, 2.45) is 5.18 Å². The van der Waals surface area contributed by atoms with Crippen LogP contribution in [0.3, 0.4) is 0 Å². The molecule has 0 spiro atoms. The molecule has 0 N–H and O–H groups in total. The van der Waals surface area contributed by atoms with Gasteiger partial charge in [-0.15, -0.1) is 16.2 Å². The highest BCUT2D eigenvalue weighted by Crippen LogP contribution is 2.42. The largest absolute Gasteiger partial charge is 0.492 e. The van der Waals surface area contributed by atoms with Gasteiger partial charge in [0.2, 0.25) is 0 Å². The standard InChI is InChI=1S/C32H32ClN3O3S/c33-28-19-23(5-6-24(28)21-36-15-3-4-16-36)31(37)30-27-12-9-25(34-38)20-29(27)40-32(30)22-7-10-26(11-8-22)39-18-17-35-13-1-2-14-35/h5-12,19-20H,1-4,13-18,21H2. The van der Waals surface area contributed by atoms with Gasteiger partial charge in [-0.05, 0) is 111 Å². The normalized spacial score (nSPS) is 16.1. The minimum atomic E-state index is -0.0892. The molecule has 0 saturated carbocycles. The van der Waals surface area contributed by atoms with Gasteiger partial charge >= 0.3 is 0 Å². The Hall–Kier alpha value is -3.10. The zero-order valence-electron chi connectivity index (χ0n) is 22.4. The molecule has 0 atom stereocenters. The van der Waals surface area contributed by atoms with Gasteiger partial charge in [-0.2, -0.15) is 0 Å². The molecule has 0 unspecified atom stereocenters. The molecule has 8 heteroatoms. The highest BCUT2D eigenvalue weighted by atomic mass is 35.5. The van der Waals surface area contributed by atoms with Crippen LogP contribution < -0.4 is 4.74 Å². The Balaban J connectivity index is 1.29. The van der Waals surface area contributed by atoms with Crippen LogP contribution in [0.4, 0.5) is 5.69 Å². The smallest absolute Gasteiger partial charge is 0.195 e. The monoisotopic (exact) mass is 573 g/mol. The van der Waals surface area contributed by atoms with Gasteiger partial charge in [0.1, 0.15) is 18.0 Å². The zero-order chi connectivity index (χ0) is 27.5. The van der Waals surface area contributed by atoms with Crippen LogP contribution >= 0.6 is 22.9 Å². The van der Waals surface area contributed by atoms with Crippen molar-refractivity contribution in [3.05, 3.63) is 87.3 Å². The topological polar surface area (TPSA) is 62.2 Å². The fourth-order valence-corrected chi connectivity index (χ4v) is 7.19. The molecule has 6 nitrogen and oxygen atoms in total. The summed E-state index contributed by atoms with van der Waals surface area (Å²) in [6, 6.07) is 18.8. The molecule has 0 radical (unpaired) electrons. The van der Waals surface area contributed by atoms with Crippen molar-refractivity contribution in [1.29, 1.82) is 0 Å². The van der Waals surface area contributed by atoms with Gasteiger partial charge in [0.15, 0.2) is 5.78 Å². The second-order valence-electron chi connectivity index (χ2n) is 10.6. The van der Waals surface area contributed by atoms with E-state index >= 15 is 0 Å². The molecule has 2 fully saturated rings. The molecule has 6 rings (SSSR count). The van der Waals surface area contributed by atoms with E-state index in [-0.39, 0.29) is 5.78 Å². The second kappa shape index (κ2) is 12.2. The maximum atomic E-state index is 14.0. The Kier molecular flexibility index (Phi) is 8.25. The molecule has 1 aromatic heterocycles. The molecule has 2 aliphatic rings. The molecule has 40 heavy (non-hydrogen) atoms. The lowest BCUT2D eigenvalue weighted by Gasteiger charge is -2.16. The van der Waals surface area contributed by atoms with E-state index in [1.165, 1.54) is 37.0 Å². The van der Waals surface area contributed by atoms with Gasteiger partial charge in [-0.25, -0.2) is 0 Å². The van der Waals surface area contributed by atoms with Crippen LogP contribution in [0.2, 0.25) is 5.02 Å². The minimum absolute atomic E-state index is 0.0892. The summed E-state index contributed by atoms with van der Waals surface area (Å²) >= 11 is 8.18. The van der Waals surface area contributed by atoms with Crippen LogP contribution in [0.5, 0.6) is 5.75 Å². The number of ether oxygens (including phenoxy) is 1. The Labute approximate surface area is 243 Å². The maximum absolute atomic E-state index is 14.0. The van der Waals surface area contributed by atoms with E-state index in [4.69, 9.17) is 16.3 Å². The molecule has 2 saturated heterocycles. The zero-order valence-corrected chi connectivity index (χ0v) is 24.0. The number of rotatable bonds is 10. The third-order valence-electron chi connectivity index (χ3n) is 7.91. The number of hydrogen-bond donors (Lipinski definition) is 0. The summed E-state index contributed by atoms with van der Waals surface area (Å²) in [5.74, 6) is 0.721. The number of carbonyl (C=O) groups excluding carboxylic acids is 1. The van der Waals surface area contributed by atoms with Gasteiger partial charge in [-0.1, -0.05) is 29.8 Å². The molecular weight excluding hydrogens is 542 g/mol. The molecule has 2 aliphatic heterocycles. The number of likely N-dealkylation sites (tertiary alicyclic amines) is 2. The van der Waals surface area contributed by atoms with Crippen LogP contribution in [0.15, 0.2) is 65.8 Å². The fraction of sp³-hybridized carbons (Fsp3) is 0.344. The number of thiophene rings is 1. The van der Waals surface area contributed by atoms with Crippen LogP contribution in [0.25, 0.3) is 20.5 Å². The minimum Gasteiger partial charge on any atom is -0.492 e. The van der Waals surface area contributed by atoms with Crippen molar-refractivity contribution in [2.45, 2.75) is 32.2 Å². The van der Waals surface area contributed by atoms with E-state index in [0.717, 1.165) is 71.1 Å². The predicted molar refractivity (Wildman–Crippen MR) is 163 cm³/mol. The van der Waals surface area contributed by atoms with Crippen LogP contribution in [0.1, 0.15) is 47.2 Å². The number of carbonyl (C=O) groups is 1. The molecule has 0 amide bonds. The Morgan fingerprint density at radius 3 is 2.33 bits per heavy atom. The first-order chi connectivity index (χ1) is 19.6. The van der Waals surface area contributed by atoms with Crippen molar-refractivity contribution in [2.75, 3.05) is 39.3 Å². The number of nitrogens with zero attached hydrogens (tertiary/aromatic N) is 3. The van der Waals surface area contributed by atoms with Gasteiger partial charge in [0, 0.05) is 44.2 Å². The molecule has 3 aromatic carbocycles. The van der Waals surface area contributed by atoms with E-state index < -0.39 is 0 Å². The molecule has 4 aromatic rings. The fourth-order valence-electron chi connectivity index (χ4n) is 5.71. The number of ketones is 1. The van der Waals surface area contributed by atoms with Crippen LogP contribution in [-0.4, -0.2) is 54.9 Å². The molecule has 0 bridgehead atoms. The molecule has 0 aliphatic carbocycles. The molecule has 3 heterocycles. The lowest BCUT2D eigenvalue weighted by Crippen LogP contribution is -2.25. The molecular formula is C32H32ClN3O3S. The average molecular weight is 574 g/mol. The number of hydrogen-bond acceptors (Lipinski definition) is 7.